The number of carbonyl (C=O) groups is 1. The summed E-state index contributed by atoms with van der Waals surface area (Å²) >= 11 is 6.16. The van der Waals surface area contributed by atoms with E-state index < -0.39 is 17.5 Å². The van der Waals surface area contributed by atoms with Gasteiger partial charge < -0.3 is 19.4 Å². The van der Waals surface area contributed by atoms with E-state index >= 15 is 0 Å². The maximum Gasteiger partial charge on any atom is 0.336 e. The predicted molar refractivity (Wildman–Crippen MR) is 114 cm³/mol. The molecule has 8 heteroatoms. The van der Waals surface area contributed by atoms with Crippen LogP contribution in [0.5, 0.6) is 5.75 Å². The summed E-state index contributed by atoms with van der Waals surface area (Å²) in [6.07, 6.45) is 0. The molecule has 0 aliphatic rings. The van der Waals surface area contributed by atoms with Gasteiger partial charge in [-0.25, -0.2) is 9.18 Å². The summed E-state index contributed by atoms with van der Waals surface area (Å²) in [7, 11) is 3.56. The molecule has 1 unspecified atom stereocenters. The zero-order chi connectivity index (χ0) is 21.8. The van der Waals surface area contributed by atoms with E-state index in [-0.39, 0.29) is 19.1 Å². The number of fused-ring (bicyclic) bond motifs is 1. The highest BCUT2D eigenvalue weighted by Crippen LogP contribution is 2.28. The van der Waals surface area contributed by atoms with Crippen LogP contribution in [0.15, 0.2) is 51.7 Å². The van der Waals surface area contributed by atoms with Crippen molar-refractivity contribution in [1.82, 2.24) is 10.2 Å². The fourth-order valence-electron chi connectivity index (χ4n) is 3.18. The minimum Gasteiger partial charge on any atom is -0.484 e. The molecule has 6 nitrogen and oxygen atoms in total. The number of ether oxygens (including phenoxy) is 1. The Hall–Kier alpha value is -2.90. The van der Waals surface area contributed by atoms with Gasteiger partial charge in [-0.1, -0.05) is 17.7 Å². The van der Waals surface area contributed by atoms with E-state index in [1.807, 2.05) is 6.92 Å². The second-order valence-corrected chi connectivity index (χ2v) is 7.52. The second kappa shape index (κ2) is 9.28. The maximum atomic E-state index is 14.3. The van der Waals surface area contributed by atoms with Crippen LogP contribution in [0.25, 0.3) is 11.0 Å². The summed E-state index contributed by atoms with van der Waals surface area (Å²) in [5.41, 5.74) is 1.06. The molecule has 0 radical (unpaired) electrons. The van der Waals surface area contributed by atoms with Crippen molar-refractivity contribution in [3.8, 4) is 5.75 Å². The second-order valence-electron chi connectivity index (χ2n) is 7.11. The van der Waals surface area contributed by atoms with Crippen LogP contribution in [0.2, 0.25) is 5.02 Å². The zero-order valence-electron chi connectivity index (χ0n) is 16.9. The minimum atomic E-state index is -0.448. The molecule has 0 aliphatic heterocycles. The van der Waals surface area contributed by atoms with Gasteiger partial charge in [0.15, 0.2) is 6.61 Å². The van der Waals surface area contributed by atoms with Crippen LogP contribution in [0, 0.1) is 12.7 Å². The molecule has 0 fully saturated rings. The molecular weight excluding hydrogens is 411 g/mol. The maximum absolute atomic E-state index is 14.3. The molecule has 3 rings (SSSR count). The van der Waals surface area contributed by atoms with Crippen molar-refractivity contribution in [2.24, 2.45) is 0 Å². The lowest BCUT2D eigenvalue weighted by atomic mass is 10.1. The number of carbonyl (C=O) groups excluding carboxylic acids is 1. The van der Waals surface area contributed by atoms with Gasteiger partial charge in [-0.05, 0) is 50.8 Å². The van der Waals surface area contributed by atoms with Crippen LogP contribution in [0.1, 0.15) is 17.2 Å². The van der Waals surface area contributed by atoms with Crippen molar-refractivity contribution in [2.45, 2.75) is 13.0 Å². The predicted octanol–water partition coefficient (Wildman–Crippen LogP) is 3.69. The van der Waals surface area contributed by atoms with E-state index in [1.54, 1.807) is 43.3 Å². The molecule has 1 aromatic heterocycles. The first kappa shape index (κ1) is 21.8. The van der Waals surface area contributed by atoms with Crippen LogP contribution in [0.4, 0.5) is 4.39 Å². The van der Waals surface area contributed by atoms with Gasteiger partial charge in [0.05, 0.1) is 6.04 Å². The Bertz CT molecular complexity index is 1110. The molecule has 1 N–H and O–H groups in total. The molecule has 0 saturated heterocycles. The third-order valence-corrected chi connectivity index (χ3v) is 5.07. The number of benzene rings is 2. The Morgan fingerprint density at radius 1 is 1.27 bits per heavy atom. The average Bonchev–Trinajstić information content (AvgIpc) is 2.67. The van der Waals surface area contributed by atoms with E-state index in [2.05, 4.69) is 5.32 Å². The van der Waals surface area contributed by atoms with Crippen LogP contribution >= 0.6 is 11.6 Å². The summed E-state index contributed by atoms with van der Waals surface area (Å²) in [4.78, 5) is 25.6. The number of aryl methyl sites for hydroxylation is 1. The Morgan fingerprint density at radius 3 is 2.73 bits per heavy atom. The number of likely N-dealkylation sites (N-methyl/N-ethyl adjacent to an activating group) is 1. The Morgan fingerprint density at radius 2 is 2.03 bits per heavy atom. The molecule has 1 atom stereocenters. The number of hydrogen-bond acceptors (Lipinski definition) is 5. The van der Waals surface area contributed by atoms with Gasteiger partial charge in [0, 0.05) is 34.6 Å². The summed E-state index contributed by atoms with van der Waals surface area (Å²) in [6, 6.07) is 10.5. The number of amides is 1. The van der Waals surface area contributed by atoms with Gasteiger partial charge >= 0.3 is 5.63 Å². The molecule has 158 valence electrons. The number of rotatable bonds is 7. The highest BCUT2D eigenvalue weighted by Gasteiger charge is 2.22. The van der Waals surface area contributed by atoms with E-state index in [0.29, 0.717) is 21.9 Å². The SMILES string of the molecule is Cc1cc(=O)oc2cc(OCC(=O)NCC(c3c(F)cccc3Cl)N(C)C)ccc12. The first-order valence-electron chi connectivity index (χ1n) is 9.30. The van der Waals surface area contributed by atoms with Crippen molar-refractivity contribution in [3.05, 3.63) is 74.9 Å². The van der Waals surface area contributed by atoms with E-state index in [1.165, 1.54) is 18.2 Å². The number of nitrogens with one attached hydrogen (secondary N) is 1. The number of halogens is 2. The van der Waals surface area contributed by atoms with Gasteiger partial charge in [0.1, 0.15) is 17.1 Å². The monoisotopic (exact) mass is 432 g/mol. The molecule has 0 aliphatic carbocycles. The molecule has 0 spiro atoms. The fourth-order valence-corrected chi connectivity index (χ4v) is 3.47. The van der Waals surface area contributed by atoms with Crippen molar-refractivity contribution in [3.63, 3.8) is 0 Å². The number of nitrogens with zero attached hydrogens (tertiary/aromatic N) is 1. The first-order valence-corrected chi connectivity index (χ1v) is 9.68. The quantitative estimate of drug-likeness (QED) is 0.576. The fraction of sp³-hybridized carbons (Fsp3) is 0.273. The van der Waals surface area contributed by atoms with Gasteiger partial charge in [-0.15, -0.1) is 0 Å². The largest absolute Gasteiger partial charge is 0.484 e. The zero-order valence-corrected chi connectivity index (χ0v) is 17.6. The molecule has 2 aromatic carbocycles. The summed E-state index contributed by atoms with van der Waals surface area (Å²) < 4.78 is 25.0. The normalized spacial score (nSPS) is 12.2. The first-order chi connectivity index (χ1) is 14.3. The van der Waals surface area contributed by atoms with E-state index in [4.69, 9.17) is 20.8 Å². The molecule has 0 bridgehead atoms. The topological polar surface area (TPSA) is 71.8 Å². The van der Waals surface area contributed by atoms with Gasteiger partial charge in [-0.3, -0.25) is 4.79 Å². The van der Waals surface area contributed by atoms with E-state index in [0.717, 1.165) is 10.9 Å². The number of hydrogen-bond donors (Lipinski definition) is 1. The standard InChI is InChI=1S/C22H22ClFN2O4/c1-13-9-21(28)30-19-10-14(7-8-15(13)19)29-12-20(27)25-11-18(26(2)3)22-16(23)5-4-6-17(22)24/h4-10,18H,11-12H2,1-3H3,(H,25,27). The van der Waals surface area contributed by atoms with Crippen LogP contribution in [-0.4, -0.2) is 38.1 Å². The highest BCUT2D eigenvalue weighted by molar-refractivity contribution is 6.31. The molecule has 3 aromatic rings. The smallest absolute Gasteiger partial charge is 0.336 e. The summed E-state index contributed by atoms with van der Waals surface area (Å²) in [5, 5.41) is 3.83. The lowest BCUT2D eigenvalue weighted by Gasteiger charge is -2.26. The van der Waals surface area contributed by atoms with Crippen LogP contribution < -0.4 is 15.7 Å². The summed E-state index contributed by atoms with van der Waals surface area (Å²) in [6.45, 7) is 1.73. The van der Waals surface area contributed by atoms with Crippen molar-refractivity contribution < 1.29 is 18.3 Å². The van der Waals surface area contributed by atoms with Crippen molar-refractivity contribution in [2.75, 3.05) is 27.2 Å². The Kier molecular flexibility index (Phi) is 6.74. The third kappa shape index (κ3) is 4.98. The lowest BCUT2D eigenvalue weighted by Crippen LogP contribution is -2.37. The summed E-state index contributed by atoms with van der Waals surface area (Å²) in [5.74, 6) is -0.410. The van der Waals surface area contributed by atoms with Crippen LogP contribution in [-0.2, 0) is 4.79 Å². The van der Waals surface area contributed by atoms with Gasteiger partial charge in [0.25, 0.3) is 5.91 Å². The van der Waals surface area contributed by atoms with Crippen molar-refractivity contribution in [1.29, 1.82) is 0 Å². The van der Waals surface area contributed by atoms with E-state index in [9.17, 15) is 14.0 Å². The molecule has 1 amide bonds. The molecule has 0 saturated carbocycles. The van der Waals surface area contributed by atoms with Crippen molar-refractivity contribution >= 4 is 28.5 Å². The minimum absolute atomic E-state index is 0.154. The lowest BCUT2D eigenvalue weighted by molar-refractivity contribution is -0.123. The average molecular weight is 433 g/mol. The van der Waals surface area contributed by atoms with Crippen LogP contribution in [0.3, 0.4) is 0 Å². The molecular formula is C22H22ClFN2O4. The third-order valence-electron chi connectivity index (χ3n) is 4.74. The molecule has 30 heavy (non-hydrogen) atoms. The van der Waals surface area contributed by atoms with Gasteiger partial charge in [0.2, 0.25) is 0 Å². The molecule has 1 heterocycles. The van der Waals surface area contributed by atoms with Gasteiger partial charge in [-0.2, -0.15) is 0 Å². The Labute approximate surface area is 178 Å². The Balaban J connectivity index is 1.64. The highest BCUT2D eigenvalue weighted by atomic mass is 35.5.